The van der Waals surface area contributed by atoms with Crippen molar-refractivity contribution in [1.82, 2.24) is 5.32 Å². The van der Waals surface area contributed by atoms with Gasteiger partial charge in [0.2, 0.25) is 0 Å². The molecule has 0 heterocycles. The second kappa shape index (κ2) is 5.99. The Kier molecular flexibility index (Phi) is 5.98. The third-order valence-corrected chi connectivity index (χ3v) is 0.756. The highest BCUT2D eigenvalue weighted by molar-refractivity contribution is 6.18. The summed E-state index contributed by atoms with van der Waals surface area (Å²) < 4.78 is 0. The van der Waals surface area contributed by atoms with Crippen LogP contribution in [-0.4, -0.2) is 19.5 Å². The fourth-order valence-electron chi connectivity index (χ4n) is 0.264. The number of hydrogen-bond donors (Lipinski definition) is 1. The lowest BCUT2D eigenvalue weighted by molar-refractivity contribution is 0.919. The predicted molar refractivity (Wildman–Crippen MR) is 33.8 cm³/mol. The number of hydrogen-bond acceptors (Lipinski definition) is 1. The minimum absolute atomic E-state index is 0.613. The molecule has 2 heteroatoms. The van der Waals surface area contributed by atoms with Crippen LogP contribution >= 0.6 is 11.6 Å². The summed E-state index contributed by atoms with van der Waals surface area (Å²) in [5.74, 6) is 0.613. The molecule has 0 fully saturated rings. The second-order valence-corrected chi connectivity index (χ2v) is 1.49. The molecule has 0 saturated carbocycles. The van der Waals surface area contributed by atoms with Crippen molar-refractivity contribution in [1.29, 1.82) is 0 Å². The molecule has 7 heavy (non-hydrogen) atoms. The summed E-state index contributed by atoms with van der Waals surface area (Å²) in [6.07, 6.45) is 3.91. The quantitative estimate of drug-likeness (QED) is 0.432. The molecule has 0 aromatic heterocycles. The topological polar surface area (TPSA) is 12.0 Å². The van der Waals surface area contributed by atoms with Crippen molar-refractivity contribution in [2.45, 2.75) is 0 Å². The third-order valence-electron chi connectivity index (χ3n) is 0.578. The molecule has 1 nitrogen and oxygen atoms in total. The molecular weight excluding hydrogens is 110 g/mol. The summed E-state index contributed by atoms with van der Waals surface area (Å²) in [4.78, 5) is 0. The largest absolute Gasteiger partial charge is 0.316 e. The van der Waals surface area contributed by atoms with E-state index in [1.54, 1.807) is 0 Å². The van der Waals surface area contributed by atoms with E-state index in [0.717, 1.165) is 6.54 Å². The highest BCUT2D eigenvalue weighted by Crippen LogP contribution is 1.74. The van der Waals surface area contributed by atoms with E-state index in [9.17, 15) is 0 Å². The van der Waals surface area contributed by atoms with Crippen molar-refractivity contribution in [2.75, 3.05) is 19.5 Å². The van der Waals surface area contributed by atoms with E-state index in [-0.39, 0.29) is 0 Å². The number of allylic oxidation sites excluding steroid dienone is 1. The van der Waals surface area contributed by atoms with Crippen LogP contribution in [0.15, 0.2) is 12.2 Å². The smallest absolute Gasteiger partial charge is 0.0404 e. The molecule has 0 bridgehead atoms. The van der Waals surface area contributed by atoms with Gasteiger partial charge in [-0.15, -0.1) is 11.6 Å². The van der Waals surface area contributed by atoms with E-state index in [4.69, 9.17) is 11.6 Å². The SMILES string of the molecule is CNC/C=C/CCl. The van der Waals surface area contributed by atoms with E-state index in [1.807, 2.05) is 19.2 Å². The Balaban J connectivity index is 2.78. The van der Waals surface area contributed by atoms with Crippen molar-refractivity contribution in [3.63, 3.8) is 0 Å². The number of rotatable bonds is 3. The van der Waals surface area contributed by atoms with Crippen molar-refractivity contribution in [3.05, 3.63) is 12.2 Å². The summed E-state index contributed by atoms with van der Waals surface area (Å²) in [5, 5.41) is 2.96. The first-order chi connectivity index (χ1) is 3.41. The molecule has 0 saturated heterocycles. The zero-order valence-corrected chi connectivity index (χ0v) is 5.20. The van der Waals surface area contributed by atoms with Gasteiger partial charge >= 0.3 is 0 Å². The van der Waals surface area contributed by atoms with Crippen LogP contribution in [0.1, 0.15) is 0 Å². The highest BCUT2D eigenvalue weighted by atomic mass is 35.5. The first-order valence-corrected chi connectivity index (χ1v) is 2.81. The van der Waals surface area contributed by atoms with E-state index in [2.05, 4.69) is 5.32 Å². The molecule has 1 N–H and O–H groups in total. The van der Waals surface area contributed by atoms with Gasteiger partial charge in [-0.1, -0.05) is 12.2 Å². The van der Waals surface area contributed by atoms with Gasteiger partial charge in [0.1, 0.15) is 0 Å². The molecule has 0 rings (SSSR count). The van der Waals surface area contributed by atoms with E-state index >= 15 is 0 Å². The zero-order valence-electron chi connectivity index (χ0n) is 4.45. The average molecular weight is 120 g/mol. The molecule has 0 aliphatic carbocycles. The molecule has 0 aliphatic rings. The van der Waals surface area contributed by atoms with Gasteiger partial charge in [0, 0.05) is 12.4 Å². The maximum Gasteiger partial charge on any atom is 0.0404 e. The summed E-state index contributed by atoms with van der Waals surface area (Å²) in [7, 11) is 1.90. The second-order valence-electron chi connectivity index (χ2n) is 1.18. The number of halogens is 1. The maximum absolute atomic E-state index is 5.32. The lowest BCUT2D eigenvalue weighted by Gasteiger charge is -1.83. The summed E-state index contributed by atoms with van der Waals surface area (Å²) in [6.45, 7) is 0.909. The zero-order chi connectivity index (χ0) is 5.54. The van der Waals surface area contributed by atoms with Crippen molar-refractivity contribution in [2.24, 2.45) is 0 Å². The molecule has 0 spiro atoms. The van der Waals surface area contributed by atoms with Gasteiger partial charge in [-0.05, 0) is 7.05 Å². The number of alkyl halides is 1. The maximum atomic E-state index is 5.32. The van der Waals surface area contributed by atoms with Gasteiger partial charge in [-0.3, -0.25) is 0 Å². The Morgan fingerprint density at radius 3 is 2.71 bits per heavy atom. The van der Waals surface area contributed by atoms with Crippen LogP contribution in [0.25, 0.3) is 0 Å². The first kappa shape index (κ1) is 6.99. The molecular formula is C5H10ClN. The molecule has 0 amide bonds. The lowest BCUT2D eigenvalue weighted by atomic mass is 10.5. The predicted octanol–water partition coefficient (Wildman–Crippen LogP) is 1.00. The van der Waals surface area contributed by atoms with Crippen molar-refractivity contribution in [3.8, 4) is 0 Å². The normalized spacial score (nSPS) is 10.6. The molecule has 0 radical (unpaired) electrons. The van der Waals surface area contributed by atoms with Gasteiger partial charge in [0.15, 0.2) is 0 Å². The van der Waals surface area contributed by atoms with Gasteiger partial charge in [0.25, 0.3) is 0 Å². The standard InChI is InChI=1S/C5H10ClN/c1-7-5-3-2-4-6/h2-3,7H,4-5H2,1H3/b3-2+. The Hall–Kier alpha value is -0.0100. The van der Waals surface area contributed by atoms with Crippen molar-refractivity contribution >= 4 is 11.6 Å². The van der Waals surface area contributed by atoms with E-state index in [1.165, 1.54) is 0 Å². The fourth-order valence-corrected chi connectivity index (χ4v) is 0.390. The van der Waals surface area contributed by atoms with Crippen LogP contribution in [-0.2, 0) is 0 Å². The Labute approximate surface area is 49.4 Å². The molecule has 0 aromatic carbocycles. The summed E-state index contributed by atoms with van der Waals surface area (Å²) in [6, 6.07) is 0. The monoisotopic (exact) mass is 119 g/mol. The Morgan fingerprint density at radius 2 is 2.29 bits per heavy atom. The van der Waals surface area contributed by atoms with Gasteiger partial charge in [-0.2, -0.15) is 0 Å². The Bertz CT molecular complexity index is 52.0. The van der Waals surface area contributed by atoms with Crippen LogP contribution in [0.5, 0.6) is 0 Å². The van der Waals surface area contributed by atoms with Gasteiger partial charge in [-0.25, -0.2) is 0 Å². The average Bonchev–Trinajstić information content (AvgIpc) is 1.69. The molecule has 0 unspecified atom stereocenters. The minimum atomic E-state index is 0.613. The minimum Gasteiger partial charge on any atom is -0.316 e. The van der Waals surface area contributed by atoms with Crippen molar-refractivity contribution < 1.29 is 0 Å². The summed E-state index contributed by atoms with van der Waals surface area (Å²) >= 11 is 5.32. The third kappa shape index (κ3) is 5.99. The van der Waals surface area contributed by atoms with E-state index < -0.39 is 0 Å². The van der Waals surface area contributed by atoms with Crippen LogP contribution < -0.4 is 5.32 Å². The number of nitrogens with one attached hydrogen (secondary N) is 1. The highest BCUT2D eigenvalue weighted by Gasteiger charge is 1.66. The van der Waals surface area contributed by atoms with Crippen LogP contribution in [0, 0.1) is 0 Å². The molecule has 42 valence electrons. The Morgan fingerprint density at radius 1 is 1.57 bits per heavy atom. The van der Waals surface area contributed by atoms with Crippen LogP contribution in [0.2, 0.25) is 0 Å². The first-order valence-electron chi connectivity index (χ1n) is 2.27. The molecule has 0 aromatic rings. The van der Waals surface area contributed by atoms with E-state index in [0.29, 0.717) is 5.88 Å². The molecule has 0 atom stereocenters. The fraction of sp³-hybridized carbons (Fsp3) is 0.600. The summed E-state index contributed by atoms with van der Waals surface area (Å²) in [5.41, 5.74) is 0. The number of likely N-dealkylation sites (N-methyl/N-ethyl adjacent to an activating group) is 1. The van der Waals surface area contributed by atoms with Gasteiger partial charge < -0.3 is 5.32 Å². The lowest BCUT2D eigenvalue weighted by Crippen LogP contribution is -2.03. The van der Waals surface area contributed by atoms with Crippen LogP contribution in [0.4, 0.5) is 0 Å². The molecule has 0 aliphatic heterocycles. The van der Waals surface area contributed by atoms with Gasteiger partial charge in [0.05, 0.1) is 0 Å². The van der Waals surface area contributed by atoms with Crippen LogP contribution in [0.3, 0.4) is 0 Å².